The number of thiocarbonyl (C=S) groups is 1. The molecule has 0 bridgehead atoms. The highest BCUT2D eigenvalue weighted by molar-refractivity contribution is 7.80. The molecular weight excluding hydrogens is 313 g/mol. The van der Waals surface area contributed by atoms with Crippen molar-refractivity contribution in [2.45, 2.75) is 6.92 Å². The molecule has 0 radical (unpaired) electrons. The van der Waals surface area contributed by atoms with Crippen molar-refractivity contribution in [1.29, 1.82) is 0 Å². The minimum Gasteiger partial charge on any atom is -0.329 e. The van der Waals surface area contributed by atoms with Gasteiger partial charge in [0.25, 0.3) is 5.91 Å². The summed E-state index contributed by atoms with van der Waals surface area (Å²) in [4.78, 5) is 11.7. The van der Waals surface area contributed by atoms with E-state index in [1.54, 1.807) is 24.3 Å². The fourth-order valence-corrected chi connectivity index (χ4v) is 1.98. The van der Waals surface area contributed by atoms with Crippen molar-refractivity contribution in [3.8, 4) is 0 Å². The van der Waals surface area contributed by atoms with E-state index >= 15 is 0 Å². The van der Waals surface area contributed by atoms with Gasteiger partial charge in [0.05, 0.1) is 5.69 Å². The van der Waals surface area contributed by atoms with E-state index in [1.807, 2.05) is 31.2 Å². The zero-order valence-electron chi connectivity index (χ0n) is 12.5. The summed E-state index contributed by atoms with van der Waals surface area (Å²) in [5.74, 6) is -0.798. The number of para-hydroxylation sites is 1. The molecule has 6 heteroatoms. The third-order valence-electron chi connectivity index (χ3n) is 3.02. The number of nitrogens with one attached hydrogen (secondary N) is 3. The minimum absolute atomic E-state index is 0.0905. The largest absolute Gasteiger partial charge is 0.329 e. The van der Waals surface area contributed by atoms with Gasteiger partial charge in [-0.2, -0.15) is 0 Å². The molecule has 0 aromatic heterocycles. The summed E-state index contributed by atoms with van der Waals surface area (Å²) in [6.07, 6.45) is 3.10. The molecule has 0 heterocycles. The Morgan fingerprint density at radius 1 is 1.09 bits per heavy atom. The van der Waals surface area contributed by atoms with Crippen molar-refractivity contribution < 1.29 is 9.18 Å². The van der Waals surface area contributed by atoms with Crippen LogP contribution in [0.4, 0.5) is 10.1 Å². The number of anilines is 1. The van der Waals surface area contributed by atoms with Gasteiger partial charge < -0.3 is 5.32 Å². The van der Waals surface area contributed by atoms with Crippen molar-refractivity contribution in [3.63, 3.8) is 0 Å². The Labute approximate surface area is 139 Å². The summed E-state index contributed by atoms with van der Waals surface area (Å²) in [7, 11) is 0. The van der Waals surface area contributed by atoms with Gasteiger partial charge in [-0.1, -0.05) is 36.4 Å². The molecule has 0 aliphatic carbocycles. The Kier molecular flexibility index (Phi) is 5.82. The SMILES string of the molecule is Cc1ccccc1/C=C/C(=O)NNC(=S)Nc1ccccc1F. The number of hydrogen-bond acceptors (Lipinski definition) is 2. The summed E-state index contributed by atoms with van der Waals surface area (Å²) in [5, 5.41) is 2.75. The van der Waals surface area contributed by atoms with Gasteiger partial charge in [-0.05, 0) is 48.5 Å². The Balaban J connectivity index is 1.83. The third-order valence-corrected chi connectivity index (χ3v) is 3.23. The van der Waals surface area contributed by atoms with E-state index in [0.29, 0.717) is 0 Å². The van der Waals surface area contributed by atoms with Crippen LogP contribution >= 0.6 is 12.2 Å². The fourth-order valence-electron chi connectivity index (χ4n) is 1.82. The first kappa shape index (κ1) is 16.6. The third kappa shape index (κ3) is 5.19. The molecule has 0 spiro atoms. The zero-order chi connectivity index (χ0) is 16.7. The number of hydrogen-bond donors (Lipinski definition) is 3. The molecule has 2 rings (SSSR count). The molecule has 0 saturated carbocycles. The van der Waals surface area contributed by atoms with Crippen LogP contribution in [0.3, 0.4) is 0 Å². The molecule has 4 nitrogen and oxygen atoms in total. The molecule has 0 unspecified atom stereocenters. The molecule has 3 N–H and O–H groups in total. The van der Waals surface area contributed by atoms with E-state index in [2.05, 4.69) is 16.2 Å². The highest BCUT2D eigenvalue weighted by Crippen LogP contribution is 2.11. The second-order valence-corrected chi connectivity index (χ2v) is 5.15. The number of rotatable bonds is 3. The Morgan fingerprint density at radius 2 is 1.78 bits per heavy atom. The first-order valence-corrected chi connectivity index (χ1v) is 7.32. The standard InChI is InChI=1S/C17H16FN3OS/c1-12-6-2-3-7-13(12)10-11-16(22)20-21-17(23)19-15-9-5-4-8-14(15)18/h2-11H,1H3,(H,20,22)(H2,19,21,23)/b11-10+. The van der Waals surface area contributed by atoms with Crippen molar-refractivity contribution in [1.82, 2.24) is 10.9 Å². The lowest BCUT2D eigenvalue weighted by Gasteiger charge is -2.11. The van der Waals surface area contributed by atoms with Crippen LogP contribution in [0.15, 0.2) is 54.6 Å². The maximum Gasteiger partial charge on any atom is 0.262 e. The normalized spacial score (nSPS) is 10.3. The quantitative estimate of drug-likeness (QED) is 0.460. The Morgan fingerprint density at radius 3 is 2.52 bits per heavy atom. The van der Waals surface area contributed by atoms with Gasteiger partial charge in [0, 0.05) is 6.08 Å². The van der Waals surface area contributed by atoms with Crippen molar-refractivity contribution in [2.24, 2.45) is 0 Å². The maximum atomic E-state index is 13.4. The number of carbonyl (C=O) groups excluding carboxylic acids is 1. The van der Waals surface area contributed by atoms with Crippen LogP contribution in [0.1, 0.15) is 11.1 Å². The zero-order valence-corrected chi connectivity index (χ0v) is 13.3. The highest BCUT2D eigenvalue weighted by atomic mass is 32.1. The molecule has 0 aliphatic heterocycles. The lowest BCUT2D eigenvalue weighted by atomic mass is 10.1. The molecular formula is C17H16FN3OS. The summed E-state index contributed by atoms with van der Waals surface area (Å²) in [6, 6.07) is 13.8. The van der Waals surface area contributed by atoms with E-state index in [9.17, 15) is 9.18 Å². The van der Waals surface area contributed by atoms with Gasteiger partial charge in [-0.3, -0.25) is 15.6 Å². The van der Waals surface area contributed by atoms with Gasteiger partial charge in [-0.25, -0.2) is 4.39 Å². The lowest BCUT2D eigenvalue weighted by Crippen LogP contribution is -2.43. The van der Waals surface area contributed by atoms with E-state index < -0.39 is 5.82 Å². The van der Waals surface area contributed by atoms with E-state index in [1.165, 1.54) is 12.1 Å². The first-order valence-electron chi connectivity index (χ1n) is 6.91. The van der Waals surface area contributed by atoms with Crippen LogP contribution in [0.25, 0.3) is 6.08 Å². The average molecular weight is 329 g/mol. The van der Waals surface area contributed by atoms with Crippen molar-refractivity contribution in [3.05, 3.63) is 71.6 Å². The second-order valence-electron chi connectivity index (χ2n) is 4.74. The first-order chi connectivity index (χ1) is 11.1. The topological polar surface area (TPSA) is 53.2 Å². The van der Waals surface area contributed by atoms with Gasteiger partial charge in [0.2, 0.25) is 0 Å². The average Bonchev–Trinajstić information content (AvgIpc) is 2.54. The van der Waals surface area contributed by atoms with Gasteiger partial charge in [0.1, 0.15) is 5.82 Å². The van der Waals surface area contributed by atoms with Crippen molar-refractivity contribution in [2.75, 3.05) is 5.32 Å². The fraction of sp³-hybridized carbons (Fsp3) is 0.0588. The molecule has 2 aromatic carbocycles. The monoisotopic (exact) mass is 329 g/mol. The number of halogens is 1. The summed E-state index contributed by atoms with van der Waals surface area (Å²) >= 11 is 4.98. The predicted octanol–water partition coefficient (Wildman–Crippen LogP) is 3.17. The van der Waals surface area contributed by atoms with E-state index in [0.717, 1.165) is 11.1 Å². The van der Waals surface area contributed by atoms with Gasteiger partial charge in [0.15, 0.2) is 5.11 Å². The summed E-state index contributed by atoms with van der Waals surface area (Å²) < 4.78 is 13.4. The van der Waals surface area contributed by atoms with Gasteiger partial charge in [-0.15, -0.1) is 0 Å². The second kappa shape index (κ2) is 8.05. The number of aryl methyl sites for hydroxylation is 1. The molecule has 118 valence electrons. The predicted molar refractivity (Wildman–Crippen MR) is 94.1 cm³/mol. The molecule has 0 aliphatic rings. The summed E-state index contributed by atoms with van der Waals surface area (Å²) in [5.41, 5.74) is 7.18. The smallest absolute Gasteiger partial charge is 0.262 e. The molecule has 2 aromatic rings. The van der Waals surface area contributed by atoms with Gasteiger partial charge >= 0.3 is 0 Å². The van der Waals surface area contributed by atoms with Crippen LogP contribution in [-0.4, -0.2) is 11.0 Å². The molecule has 23 heavy (non-hydrogen) atoms. The van der Waals surface area contributed by atoms with Crippen LogP contribution in [0.5, 0.6) is 0 Å². The minimum atomic E-state index is -0.428. The number of amides is 1. The molecule has 1 amide bonds. The van der Waals surface area contributed by atoms with Crippen molar-refractivity contribution >= 4 is 35.0 Å². The van der Waals surface area contributed by atoms with Crippen LogP contribution in [0, 0.1) is 12.7 Å². The lowest BCUT2D eigenvalue weighted by molar-refractivity contribution is -0.116. The van der Waals surface area contributed by atoms with Crippen LogP contribution in [-0.2, 0) is 4.79 Å². The van der Waals surface area contributed by atoms with Crippen LogP contribution < -0.4 is 16.2 Å². The van der Waals surface area contributed by atoms with E-state index in [4.69, 9.17) is 12.2 Å². The highest BCUT2D eigenvalue weighted by Gasteiger charge is 2.03. The Hall–Kier alpha value is -2.73. The number of benzene rings is 2. The summed E-state index contributed by atoms with van der Waals surface area (Å²) in [6.45, 7) is 1.96. The number of carbonyl (C=O) groups is 1. The van der Waals surface area contributed by atoms with Crippen LogP contribution in [0.2, 0.25) is 0 Å². The van der Waals surface area contributed by atoms with E-state index in [-0.39, 0.29) is 16.7 Å². The molecule has 0 saturated heterocycles. The maximum absolute atomic E-state index is 13.4. The molecule has 0 fully saturated rings. The number of hydrazine groups is 1. The Bertz CT molecular complexity index is 746. The molecule has 0 atom stereocenters.